The molecule has 0 unspecified atom stereocenters. The van der Waals surface area contributed by atoms with Crippen molar-refractivity contribution in [1.29, 1.82) is 0 Å². The Morgan fingerprint density at radius 1 is 1.00 bits per heavy atom. The highest BCUT2D eigenvalue weighted by molar-refractivity contribution is 5.98. The van der Waals surface area contributed by atoms with E-state index in [0.717, 1.165) is 33.8 Å². The molecular weight excluding hydrogens is 266 g/mol. The number of methoxy groups -OCH3 is 2. The molecule has 0 aromatic heterocycles. The first-order chi connectivity index (χ1) is 10.1. The van der Waals surface area contributed by atoms with Crippen LogP contribution in [0, 0.1) is 0 Å². The molecular formula is C17H17NO3. The number of hydrogen-bond donors (Lipinski definition) is 0. The maximum absolute atomic E-state index is 11.9. The van der Waals surface area contributed by atoms with Crippen molar-refractivity contribution in [3.05, 3.63) is 47.5 Å². The Morgan fingerprint density at radius 2 is 1.81 bits per heavy atom. The van der Waals surface area contributed by atoms with Gasteiger partial charge in [-0.3, -0.25) is 4.79 Å². The van der Waals surface area contributed by atoms with Gasteiger partial charge in [-0.1, -0.05) is 6.07 Å². The standard InChI is InChI=1S/C17H17NO3/c1-18-10-12-8-11(4-6-14(12)17(18)19)15-9-13(20-2)5-7-16(15)21-3/h4-9H,10H2,1-3H3. The summed E-state index contributed by atoms with van der Waals surface area (Å²) in [5, 5.41) is 0. The van der Waals surface area contributed by atoms with Crippen LogP contribution in [0.4, 0.5) is 0 Å². The lowest BCUT2D eigenvalue weighted by Crippen LogP contribution is -2.17. The van der Waals surface area contributed by atoms with Crippen LogP contribution in [0.25, 0.3) is 11.1 Å². The number of nitrogens with zero attached hydrogens (tertiary/aromatic N) is 1. The Morgan fingerprint density at radius 3 is 2.52 bits per heavy atom. The van der Waals surface area contributed by atoms with Crippen LogP contribution in [0.1, 0.15) is 15.9 Å². The van der Waals surface area contributed by atoms with Gasteiger partial charge < -0.3 is 14.4 Å². The minimum Gasteiger partial charge on any atom is -0.497 e. The average molecular weight is 283 g/mol. The minimum absolute atomic E-state index is 0.0779. The molecule has 1 aliphatic rings. The molecule has 4 nitrogen and oxygen atoms in total. The second-order valence-electron chi connectivity index (χ2n) is 5.10. The molecule has 108 valence electrons. The molecule has 0 fully saturated rings. The molecule has 0 aliphatic carbocycles. The van der Waals surface area contributed by atoms with Crippen molar-refractivity contribution >= 4 is 5.91 Å². The third-order valence-electron chi connectivity index (χ3n) is 3.81. The molecule has 0 radical (unpaired) electrons. The van der Waals surface area contributed by atoms with E-state index in [-0.39, 0.29) is 5.91 Å². The maximum Gasteiger partial charge on any atom is 0.254 e. The SMILES string of the molecule is COc1ccc(OC)c(-c2ccc3c(c2)CN(C)C3=O)c1. The lowest BCUT2D eigenvalue weighted by molar-refractivity contribution is 0.0816. The Labute approximate surface area is 123 Å². The molecule has 0 atom stereocenters. The molecule has 1 amide bonds. The topological polar surface area (TPSA) is 38.8 Å². The summed E-state index contributed by atoms with van der Waals surface area (Å²) < 4.78 is 10.7. The summed E-state index contributed by atoms with van der Waals surface area (Å²) in [5.74, 6) is 1.64. The van der Waals surface area contributed by atoms with Crippen molar-refractivity contribution in [3.8, 4) is 22.6 Å². The van der Waals surface area contributed by atoms with Gasteiger partial charge >= 0.3 is 0 Å². The molecule has 3 rings (SSSR count). The second kappa shape index (κ2) is 5.13. The van der Waals surface area contributed by atoms with Gasteiger partial charge in [-0.25, -0.2) is 0 Å². The zero-order chi connectivity index (χ0) is 15.0. The predicted octanol–water partition coefficient (Wildman–Crippen LogP) is 2.96. The van der Waals surface area contributed by atoms with Crippen LogP contribution in [0.3, 0.4) is 0 Å². The van der Waals surface area contributed by atoms with E-state index in [1.807, 2.05) is 43.4 Å². The van der Waals surface area contributed by atoms with Gasteiger partial charge in [0.15, 0.2) is 0 Å². The fourth-order valence-electron chi connectivity index (χ4n) is 2.67. The van der Waals surface area contributed by atoms with Crippen LogP contribution < -0.4 is 9.47 Å². The number of carbonyl (C=O) groups is 1. The molecule has 0 saturated carbocycles. The molecule has 1 heterocycles. The van der Waals surface area contributed by atoms with E-state index in [0.29, 0.717) is 6.54 Å². The number of amides is 1. The maximum atomic E-state index is 11.9. The summed E-state index contributed by atoms with van der Waals surface area (Å²) in [6, 6.07) is 11.6. The Hall–Kier alpha value is -2.49. The van der Waals surface area contributed by atoms with E-state index < -0.39 is 0 Å². The van der Waals surface area contributed by atoms with Crippen LogP contribution in [0.15, 0.2) is 36.4 Å². The Kier molecular flexibility index (Phi) is 3.29. The monoisotopic (exact) mass is 283 g/mol. The molecule has 0 saturated heterocycles. The number of hydrogen-bond acceptors (Lipinski definition) is 3. The van der Waals surface area contributed by atoms with E-state index >= 15 is 0 Å². The van der Waals surface area contributed by atoms with Crippen LogP contribution >= 0.6 is 0 Å². The molecule has 2 aromatic carbocycles. The molecule has 0 spiro atoms. The number of benzene rings is 2. The first-order valence-electron chi connectivity index (χ1n) is 6.75. The molecule has 21 heavy (non-hydrogen) atoms. The van der Waals surface area contributed by atoms with Crippen molar-refractivity contribution in [2.45, 2.75) is 6.54 Å². The fourth-order valence-corrected chi connectivity index (χ4v) is 2.67. The van der Waals surface area contributed by atoms with Gasteiger partial charge in [0.2, 0.25) is 0 Å². The quantitative estimate of drug-likeness (QED) is 0.869. The van der Waals surface area contributed by atoms with Gasteiger partial charge in [-0.05, 0) is 41.5 Å². The highest BCUT2D eigenvalue weighted by atomic mass is 16.5. The van der Waals surface area contributed by atoms with E-state index in [4.69, 9.17) is 9.47 Å². The van der Waals surface area contributed by atoms with Crippen LogP contribution in [-0.4, -0.2) is 32.1 Å². The van der Waals surface area contributed by atoms with Gasteiger partial charge in [-0.15, -0.1) is 0 Å². The van der Waals surface area contributed by atoms with Gasteiger partial charge in [0, 0.05) is 24.7 Å². The average Bonchev–Trinajstić information content (AvgIpc) is 2.80. The van der Waals surface area contributed by atoms with E-state index in [1.165, 1.54) is 0 Å². The van der Waals surface area contributed by atoms with E-state index in [1.54, 1.807) is 19.1 Å². The highest BCUT2D eigenvalue weighted by Gasteiger charge is 2.24. The summed E-state index contributed by atoms with van der Waals surface area (Å²) >= 11 is 0. The van der Waals surface area contributed by atoms with Crippen LogP contribution in [-0.2, 0) is 6.54 Å². The second-order valence-corrected chi connectivity index (χ2v) is 5.10. The summed E-state index contributed by atoms with van der Waals surface area (Å²) in [6.07, 6.45) is 0. The first-order valence-corrected chi connectivity index (χ1v) is 6.75. The molecule has 1 aliphatic heterocycles. The number of carbonyl (C=O) groups excluding carboxylic acids is 1. The smallest absolute Gasteiger partial charge is 0.254 e. The predicted molar refractivity (Wildman–Crippen MR) is 80.8 cm³/mol. The van der Waals surface area contributed by atoms with E-state index in [9.17, 15) is 4.79 Å². The van der Waals surface area contributed by atoms with Gasteiger partial charge in [-0.2, -0.15) is 0 Å². The van der Waals surface area contributed by atoms with Gasteiger partial charge in [0.25, 0.3) is 5.91 Å². The van der Waals surface area contributed by atoms with Gasteiger partial charge in [0.1, 0.15) is 11.5 Å². The van der Waals surface area contributed by atoms with Crippen molar-refractivity contribution in [3.63, 3.8) is 0 Å². The fraction of sp³-hybridized carbons (Fsp3) is 0.235. The Balaban J connectivity index is 2.10. The molecule has 0 N–H and O–H groups in total. The lowest BCUT2D eigenvalue weighted by Gasteiger charge is -2.11. The van der Waals surface area contributed by atoms with Crippen LogP contribution in [0.2, 0.25) is 0 Å². The van der Waals surface area contributed by atoms with Crippen molar-refractivity contribution in [2.75, 3.05) is 21.3 Å². The number of ether oxygens (including phenoxy) is 2. The van der Waals surface area contributed by atoms with Crippen molar-refractivity contribution < 1.29 is 14.3 Å². The van der Waals surface area contributed by atoms with Crippen molar-refractivity contribution in [2.24, 2.45) is 0 Å². The van der Waals surface area contributed by atoms with Crippen molar-refractivity contribution in [1.82, 2.24) is 4.90 Å². The minimum atomic E-state index is 0.0779. The molecule has 0 bridgehead atoms. The normalized spacial score (nSPS) is 13.3. The Bertz CT molecular complexity index is 709. The largest absolute Gasteiger partial charge is 0.497 e. The summed E-state index contributed by atoms with van der Waals surface area (Å²) in [4.78, 5) is 13.7. The van der Waals surface area contributed by atoms with Gasteiger partial charge in [0.05, 0.1) is 14.2 Å². The molecule has 4 heteroatoms. The third-order valence-corrected chi connectivity index (χ3v) is 3.81. The lowest BCUT2D eigenvalue weighted by atomic mass is 9.99. The van der Waals surface area contributed by atoms with E-state index in [2.05, 4.69) is 0 Å². The zero-order valence-corrected chi connectivity index (χ0v) is 12.3. The molecule has 2 aromatic rings. The summed E-state index contributed by atoms with van der Waals surface area (Å²) in [6.45, 7) is 0.647. The highest BCUT2D eigenvalue weighted by Crippen LogP contribution is 2.35. The third kappa shape index (κ3) is 2.23. The number of fused-ring (bicyclic) bond motifs is 1. The number of rotatable bonds is 3. The zero-order valence-electron chi connectivity index (χ0n) is 12.3. The first kappa shape index (κ1) is 13.5. The summed E-state index contributed by atoms with van der Waals surface area (Å²) in [5.41, 5.74) is 3.81. The van der Waals surface area contributed by atoms with Crippen LogP contribution in [0.5, 0.6) is 11.5 Å². The summed E-state index contributed by atoms with van der Waals surface area (Å²) in [7, 11) is 5.10.